The van der Waals surface area contributed by atoms with Crippen LogP contribution in [0.25, 0.3) is 0 Å². The summed E-state index contributed by atoms with van der Waals surface area (Å²) in [7, 11) is 0. The van der Waals surface area contributed by atoms with E-state index in [1.165, 1.54) is 18.3 Å². The normalized spacial score (nSPS) is 10.4. The first-order valence-corrected chi connectivity index (χ1v) is 7.94. The third kappa shape index (κ3) is 5.85. The van der Waals surface area contributed by atoms with Gasteiger partial charge in [-0.1, -0.05) is 34.1 Å². The molecule has 0 unspecified atom stereocenters. The van der Waals surface area contributed by atoms with Crippen LogP contribution in [0.2, 0.25) is 0 Å². The Morgan fingerprint density at radius 3 is 2.44 bits per heavy atom. The van der Waals surface area contributed by atoms with Crippen molar-refractivity contribution in [2.75, 3.05) is 6.54 Å². The van der Waals surface area contributed by atoms with Crippen molar-refractivity contribution in [2.24, 2.45) is 5.10 Å². The summed E-state index contributed by atoms with van der Waals surface area (Å²) in [6, 6.07) is 12.8. The highest BCUT2D eigenvalue weighted by atomic mass is 79.9. The molecule has 3 N–H and O–H groups in total. The maximum Gasteiger partial charge on any atom is 0.335 e. The average Bonchev–Trinajstić information content (AvgIpc) is 2.60. The molecule has 0 aliphatic heterocycles. The molecule has 8 heteroatoms. The van der Waals surface area contributed by atoms with E-state index in [0.29, 0.717) is 11.1 Å². The number of benzene rings is 2. The fourth-order valence-electron chi connectivity index (χ4n) is 1.82. The summed E-state index contributed by atoms with van der Waals surface area (Å²) in [6.07, 6.45) is 1.37. The standard InChI is InChI=1S/C17H14BrN3O4/c18-14-3-1-2-13(8-14)16(23)19-10-15(22)21-20-9-11-4-6-12(7-5-11)17(24)25/h1-9H,10H2,(H,19,23)(H,21,22)(H,24,25)/b20-9+. The van der Waals surface area contributed by atoms with Gasteiger partial charge in [-0.15, -0.1) is 0 Å². The summed E-state index contributed by atoms with van der Waals surface area (Å²) in [5.41, 5.74) is 3.50. The van der Waals surface area contributed by atoms with E-state index in [4.69, 9.17) is 5.11 Å². The first-order chi connectivity index (χ1) is 12.0. The van der Waals surface area contributed by atoms with E-state index in [0.717, 1.165) is 4.47 Å². The zero-order chi connectivity index (χ0) is 18.2. The van der Waals surface area contributed by atoms with Crippen LogP contribution in [0.3, 0.4) is 0 Å². The lowest BCUT2D eigenvalue weighted by molar-refractivity contribution is -0.120. The molecule has 0 spiro atoms. The van der Waals surface area contributed by atoms with Crippen LogP contribution >= 0.6 is 15.9 Å². The zero-order valence-electron chi connectivity index (χ0n) is 12.9. The Kier molecular flexibility index (Phi) is 6.41. The minimum Gasteiger partial charge on any atom is -0.478 e. The summed E-state index contributed by atoms with van der Waals surface area (Å²) in [6.45, 7) is -0.222. The number of nitrogens with one attached hydrogen (secondary N) is 2. The molecule has 0 saturated carbocycles. The van der Waals surface area contributed by atoms with Crippen LogP contribution in [-0.2, 0) is 4.79 Å². The van der Waals surface area contributed by atoms with Crippen molar-refractivity contribution in [3.05, 3.63) is 69.7 Å². The van der Waals surface area contributed by atoms with Gasteiger partial charge in [0, 0.05) is 10.0 Å². The van der Waals surface area contributed by atoms with E-state index >= 15 is 0 Å². The van der Waals surface area contributed by atoms with Gasteiger partial charge >= 0.3 is 5.97 Å². The first kappa shape index (κ1) is 18.3. The van der Waals surface area contributed by atoms with E-state index in [1.54, 1.807) is 36.4 Å². The number of carboxylic acids is 1. The van der Waals surface area contributed by atoms with E-state index < -0.39 is 11.9 Å². The zero-order valence-corrected chi connectivity index (χ0v) is 14.5. The Morgan fingerprint density at radius 2 is 1.80 bits per heavy atom. The quantitative estimate of drug-likeness (QED) is 0.506. The number of hydrazone groups is 1. The van der Waals surface area contributed by atoms with Gasteiger partial charge < -0.3 is 10.4 Å². The van der Waals surface area contributed by atoms with E-state index in [-0.39, 0.29) is 18.0 Å². The number of nitrogens with zero attached hydrogens (tertiary/aromatic N) is 1. The lowest BCUT2D eigenvalue weighted by atomic mass is 10.1. The number of carboxylic acid groups (broad SMARTS) is 1. The van der Waals surface area contributed by atoms with Crippen molar-refractivity contribution >= 4 is 39.9 Å². The molecule has 25 heavy (non-hydrogen) atoms. The second-order valence-corrected chi connectivity index (χ2v) is 5.83. The van der Waals surface area contributed by atoms with Crippen molar-refractivity contribution in [1.82, 2.24) is 10.7 Å². The molecule has 128 valence electrons. The second-order valence-electron chi connectivity index (χ2n) is 4.91. The van der Waals surface area contributed by atoms with Crippen LogP contribution < -0.4 is 10.7 Å². The minimum atomic E-state index is -1.02. The molecule has 7 nitrogen and oxygen atoms in total. The molecule has 0 saturated heterocycles. The molecule has 0 atom stereocenters. The number of carbonyl (C=O) groups is 3. The molecule has 2 amide bonds. The predicted molar refractivity (Wildman–Crippen MR) is 95.6 cm³/mol. The topological polar surface area (TPSA) is 108 Å². The Hall–Kier alpha value is -3.00. The number of hydrogen-bond acceptors (Lipinski definition) is 4. The van der Waals surface area contributed by atoms with E-state index in [9.17, 15) is 14.4 Å². The molecule has 2 rings (SSSR count). The molecule has 2 aromatic carbocycles. The highest BCUT2D eigenvalue weighted by Gasteiger charge is 2.07. The number of aromatic carboxylic acids is 1. The average molecular weight is 404 g/mol. The van der Waals surface area contributed by atoms with Gasteiger partial charge in [-0.05, 0) is 35.9 Å². The van der Waals surface area contributed by atoms with Crippen molar-refractivity contribution in [2.45, 2.75) is 0 Å². The maximum absolute atomic E-state index is 11.9. The number of rotatable bonds is 6. The molecule has 0 bridgehead atoms. The van der Waals surface area contributed by atoms with E-state index in [1.807, 2.05) is 0 Å². The van der Waals surface area contributed by atoms with Gasteiger partial charge in [0.2, 0.25) is 0 Å². The maximum atomic E-state index is 11.9. The number of carbonyl (C=O) groups excluding carboxylic acids is 2. The van der Waals surface area contributed by atoms with E-state index in [2.05, 4.69) is 31.8 Å². The van der Waals surface area contributed by atoms with Crippen LogP contribution in [0.4, 0.5) is 0 Å². The molecule has 0 heterocycles. The van der Waals surface area contributed by atoms with Crippen LogP contribution in [0, 0.1) is 0 Å². The van der Waals surface area contributed by atoms with Crippen molar-refractivity contribution in [3.8, 4) is 0 Å². The SMILES string of the molecule is O=C(CNC(=O)c1cccc(Br)c1)N/N=C/c1ccc(C(=O)O)cc1. The molecule has 0 radical (unpaired) electrons. The molecule has 0 aliphatic rings. The smallest absolute Gasteiger partial charge is 0.335 e. The molecule has 2 aromatic rings. The van der Waals surface area contributed by atoms with Gasteiger partial charge in [0.25, 0.3) is 11.8 Å². The van der Waals surface area contributed by atoms with Crippen molar-refractivity contribution in [3.63, 3.8) is 0 Å². The summed E-state index contributed by atoms with van der Waals surface area (Å²) in [5, 5.41) is 15.0. The fourth-order valence-corrected chi connectivity index (χ4v) is 2.22. The summed E-state index contributed by atoms with van der Waals surface area (Å²) in [5.74, 6) is -1.87. The Balaban J connectivity index is 1.80. The Bertz CT molecular complexity index is 819. The van der Waals surface area contributed by atoms with Crippen molar-refractivity contribution < 1.29 is 19.5 Å². The molecule has 0 aliphatic carbocycles. The van der Waals surface area contributed by atoms with Gasteiger partial charge in [-0.2, -0.15) is 5.10 Å². The van der Waals surface area contributed by atoms with Gasteiger partial charge in [0.15, 0.2) is 0 Å². The molecule has 0 fully saturated rings. The lowest BCUT2D eigenvalue weighted by Crippen LogP contribution is -2.34. The highest BCUT2D eigenvalue weighted by Crippen LogP contribution is 2.11. The first-order valence-electron chi connectivity index (χ1n) is 7.15. The molecular formula is C17H14BrN3O4. The predicted octanol–water partition coefficient (Wildman–Crippen LogP) is 2.03. The Labute approximate surface area is 151 Å². The fraction of sp³-hybridized carbons (Fsp3) is 0.0588. The third-order valence-corrected chi connectivity index (χ3v) is 3.55. The van der Waals surface area contributed by atoms with Gasteiger partial charge in [-0.3, -0.25) is 9.59 Å². The largest absolute Gasteiger partial charge is 0.478 e. The molecular weight excluding hydrogens is 390 g/mol. The van der Waals surface area contributed by atoms with Crippen LogP contribution in [0.15, 0.2) is 58.1 Å². The number of halogens is 1. The summed E-state index contributed by atoms with van der Waals surface area (Å²) < 4.78 is 0.767. The van der Waals surface area contributed by atoms with Gasteiger partial charge in [0.05, 0.1) is 18.3 Å². The summed E-state index contributed by atoms with van der Waals surface area (Å²) >= 11 is 3.27. The van der Waals surface area contributed by atoms with Crippen LogP contribution in [0.1, 0.15) is 26.3 Å². The van der Waals surface area contributed by atoms with Gasteiger partial charge in [-0.25, -0.2) is 10.2 Å². The number of amides is 2. The second kappa shape index (κ2) is 8.74. The Morgan fingerprint density at radius 1 is 1.08 bits per heavy atom. The van der Waals surface area contributed by atoms with Crippen LogP contribution in [0.5, 0.6) is 0 Å². The van der Waals surface area contributed by atoms with Crippen molar-refractivity contribution in [1.29, 1.82) is 0 Å². The monoisotopic (exact) mass is 403 g/mol. The minimum absolute atomic E-state index is 0.163. The molecule has 0 aromatic heterocycles. The highest BCUT2D eigenvalue weighted by molar-refractivity contribution is 9.10. The summed E-state index contributed by atoms with van der Waals surface area (Å²) in [4.78, 5) is 34.3. The van der Waals surface area contributed by atoms with Crippen LogP contribution in [-0.4, -0.2) is 35.6 Å². The van der Waals surface area contributed by atoms with Gasteiger partial charge in [0.1, 0.15) is 0 Å². The lowest BCUT2D eigenvalue weighted by Gasteiger charge is -2.04. The third-order valence-electron chi connectivity index (χ3n) is 3.06. The number of hydrogen-bond donors (Lipinski definition) is 3.